The number of hydrogen-bond donors (Lipinski definition) is 1. The quantitative estimate of drug-likeness (QED) is 0.753. The van der Waals surface area contributed by atoms with Crippen molar-refractivity contribution < 1.29 is 4.39 Å². The van der Waals surface area contributed by atoms with E-state index in [-0.39, 0.29) is 5.82 Å². The Kier molecular flexibility index (Phi) is 4.96. The molecule has 3 aromatic rings. The van der Waals surface area contributed by atoms with E-state index in [1.807, 2.05) is 42.3 Å². The molecular formula is C18H18FN5. The monoisotopic (exact) mass is 323 g/mol. The molecule has 2 aromatic carbocycles. The summed E-state index contributed by atoms with van der Waals surface area (Å²) in [5.74, 6) is 0.957. The van der Waals surface area contributed by atoms with Gasteiger partial charge >= 0.3 is 0 Å². The number of benzene rings is 2. The Bertz CT molecular complexity index is 777. The first-order valence-corrected chi connectivity index (χ1v) is 7.69. The van der Waals surface area contributed by atoms with Crippen LogP contribution in [0.5, 0.6) is 0 Å². The highest BCUT2D eigenvalue weighted by atomic mass is 19.1. The van der Waals surface area contributed by atoms with Crippen LogP contribution in [0.3, 0.4) is 0 Å². The second kappa shape index (κ2) is 7.50. The molecule has 0 spiro atoms. The first-order chi connectivity index (χ1) is 11.7. The van der Waals surface area contributed by atoms with E-state index in [0.717, 1.165) is 17.7 Å². The molecule has 0 amide bonds. The topological polar surface area (TPSA) is 53.9 Å². The average molecular weight is 323 g/mol. The van der Waals surface area contributed by atoms with Gasteiger partial charge in [-0.1, -0.05) is 30.3 Å². The van der Waals surface area contributed by atoms with Gasteiger partial charge in [0.1, 0.15) is 5.82 Å². The first kappa shape index (κ1) is 15.9. The number of nitrogens with zero attached hydrogens (tertiary/aromatic N) is 4. The van der Waals surface area contributed by atoms with Crippen LogP contribution in [0.25, 0.3) is 0 Å². The highest BCUT2D eigenvalue weighted by Crippen LogP contribution is 2.19. The van der Waals surface area contributed by atoms with Crippen LogP contribution >= 0.6 is 0 Å². The second-order valence-electron chi connectivity index (χ2n) is 5.34. The highest BCUT2D eigenvalue weighted by Gasteiger charge is 2.08. The molecule has 1 N–H and O–H groups in total. The summed E-state index contributed by atoms with van der Waals surface area (Å²) < 4.78 is 12.9. The maximum atomic E-state index is 12.9. The number of para-hydroxylation sites is 1. The van der Waals surface area contributed by atoms with Gasteiger partial charge in [0, 0.05) is 19.3 Å². The summed E-state index contributed by atoms with van der Waals surface area (Å²) in [6, 6.07) is 16.4. The molecule has 0 radical (unpaired) electrons. The zero-order valence-electron chi connectivity index (χ0n) is 13.4. The molecular weight excluding hydrogens is 305 g/mol. The number of nitrogens with one attached hydrogen (secondary N) is 1. The van der Waals surface area contributed by atoms with E-state index in [9.17, 15) is 4.39 Å². The first-order valence-electron chi connectivity index (χ1n) is 7.69. The van der Waals surface area contributed by atoms with E-state index < -0.39 is 0 Å². The lowest BCUT2D eigenvalue weighted by Gasteiger charge is -2.17. The molecule has 6 heteroatoms. The number of halogens is 1. The Labute approximate surface area is 140 Å². The SMILES string of the molecule is CN(c1ccccc1)c1nncc(NCCc2ccc(F)cc2)n1. The van der Waals surface area contributed by atoms with Crippen molar-refractivity contribution in [3.8, 4) is 0 Å². The van der Waals surface area contributed by atoms with Crippen LogP contribution in [-0.4, -0.2) is 28.8 Å². The molecule has 122 valence electrons. The molecule has 24 heavy (non-hydrogen) atoms. The minimum atomic E-state index is -0.222. The highest BCUT2D eigenvalue weighted by molar-refractivity contribution is 5.56. The summed E-state index contributed by atoms with van der Waals surface area (Å²) in [4.78, 5) is 6.35. The van der Waals surface area contributed by atoms with Gasteiger partial charge in [0.05, 0.1) is 6.20 Å². The maximum absolute atomic E-state index is 12.9. The molecule has 3 rings (SSSR count). The number of anilines is 3. The third-order valence-electron chi connectivity index (χ3n) is 3.62. The van der Waals surface area contributed by atoms with Gasteiger partial charge in [0.2, 0.25) is 0 Å². The van der Waals surface area contributed by atoms with Crippen molar-refractivity contribution in [2.45, 2.75) is 6.42 Å². The van der Waals surface area contributed by atoms with E-state index in [1.54, 1.807) is 18.3 Å². The van der Waals surface area contributed by atoms with Crippen molar-refractivity contribution in [2.75, 3.05) is 23.8 Å². The minimum absolute atomic E-state index is 0.222. The van der Waals surface area contributed by atoms with E-state index in [2.05, 4.69) is 20.5 Å². The van der Waals surface area contributed by atoms with Gasteiger partial charge in [0.15, 0.2) is 5.82 Å². The van der Waals surface area contributed by atoms with E-state index in [1.165, 1.54) is 12.1 Å². The molecule has 0 aliphatic rings. The molecule has 0 saturated carbocycles. The number of aromatic nitrogens is 3. The van der Waals surface area contributed by atoms with Gasteiger partial charge < -0.3 is 10.2 Å². The van der Waals surface area contributed by atoms with Gasteiger partial charge in [-0.15, -0.1) is 5.10 Å². The molecule has 0 unspecified atom stereocenters. The Hall–Kier alpha value is -3.02. The van der Waals surface area contributed by atoms with Gasteiger partial charge in [-0.3, -0.25) is 0 Å². The normalized spacial score (nSPS) is 10.4. The molecule has 0 bridgehead atoms. The summed E-state index contributed by atoms with van der Waals surface area (Å²) in [6.07, 6.45) is 2.36. The van der Waals surface area contributed by atoms with Gasteiger partial charge in [-0.25, -0.2) is 4.39 Å². The van der Waals surface area contributed by atoms with Crippen molar-refractivity contribution >= 4 is 17.5 Å². The molecule has 5 nitrogen and oxygen atoms in total. The second-order valence-corrected chi connectivity index (χ2v) is 5.34. The molecule has 0 atom stereocenters. The third-order valence-corrected chi connectivity index (χ3v) is 3.62. The van der Waals surface area contributed by atoms with Crippen LogP contribution in [0.2, 0.25) is 0 Å². The lowest BCUT2D eigenvalue weighted by Crippen LogP contribution is -2.15. The fourth-order valence-corrected chi connectivity index (χ4v) is 2.27. The third kappa shape index (κ3) is 4.04. The standard InChI is InChI=1S/C18H18FN5/c1-24(16-5-3-2-4-6-16)18-22-17(13-21-23-18)20-12-11-14-7-9-15(19)10-8-14/h2-10,13H,11-12H2,1H3,(H,20,22,23). The lowest BCUT2D eigenvalue weighted by molar-refractivity contribution is 0.627. The van der Waals surface area contributed by atoms with Crippen LogP contribution in [0, 0.1) is 5.82 Å². The fraction of sp³-hybridized carbons (Fsp3) is 0.167. The molecule has 1 heterocycles. The summed E-state index contributed by atoms with van der Waals surface area (Å²) in [5.41, 5.74) is 2.05. The van der Waals surface area contributed by atoms with Crippen molar-refractivity contribution in [3.63, 3.8) is 0 Å². The Morgan fingerprint density at radius 1 is 1.04 bits per heavy atom. The number of rotatable bonds is 6. The molecule has 0 aliphatic carbocycles. The van der Waals surface area contributed by atoms with Crippen LogP contribution in [-0.2, 0) is 6.42 Å². The Morgan fingerprint density at radius 3 is 2.54 bits per heavy atom. The average Bonchev–Trinajstić information content (AvgIpc) is 2.64. The Balaban J connectivity index is 1.62. The van der Waals surface area contributed by atoms with Gasteiger partial charge in [-0.05, 0) is 36.2 Å². The number of hydrogen-bond acceptors (Lipinski definition) is 5. The van der Waals surface area contributed by atoms with Crippen LogP contribution in [0.1, 0.15) is 5.56 Å². The van der Waals surface area contributed by atoms with Gasteiger partial charge in [0.25, 0.3) is 5.95 Å². The molecule has 0 saturated heterocycles. The molecule has 1 aromatic heterocycles. The van der Waals surface area contributed by atoms with Crippen molar-refractivity contribution in [1.29, 1.82) is 0 Å². The van der Waals surface area contributed by atoms with E-state index in [4.69, 9.17) is 0 Å². The van der Waals surface area contributed by atoms with Crippen LogP contribution < -0.4 is 10.2 Å². The van der Waals surface area contributed by atoms with Crippen LogP contribution in [0.4, 0.5) is 21.8 Å². The predicted octanol–water partition coefficient (Wildman–Crippen LogP) is 3.43. The summed E-state index contributed by atoms with van der Waals surface area (Å²) in [7, 11) is 1.90. The van der Waals surface area contributed by atoms with Crippen molar-refractivity contribution in [2.24, 2.45) is 0 Å². The summed E-state index contributed by atoms with van der Waals surface area (Å²) >= 11 is 0. The zero-order valence-corrected chi connectivity index (χ0v) is 13.4. The summed E-state index contributed by atoms with van der Waals surface area (Å²) in [5, 5.41) is 11.3. The van der Waals surface area contributed by atoms with E-state index in [0.29, 0.717) is 18.3 Å². The summed E-state index contributed by atoms with van der Waals surface area (Å²) in [6.45, 7) is 0.679. The van der Waals surface area contributed by atoms with Crippen LogP contribution in [0.15, 0.2) is 60.8 Å². The maximum Gasteiger partial charge on any atom is 0.251 e. The lowest BCUT2D eigenvalue weighted by atomic mass is 10.1. The van der Waals surface area contributed by atoms with E-state index >= 15 is 0 Å². The van der Waals surface area contributed by atoms with Crippen molar-refractivity contribution in [3.05, 3.63) is 72.2 Å². The fourth-order valence-electron chi connectivity index (χ4n) is 2.27. The van der Waals surface area contributed by atoms with Gasteiger partial charge in [-0.2, -0.15) is 10.1 Å². The largest absolute Gasteiger partial charge is 0.368 e. The van der Waals surface area contributed by atoms with Crippen molar-refractivity contribution in [1.82, 2.24) is 15.2 Å². The molecule has 0 fully saturated rings. The zero-order chi connectivity index (χ0) is 16.8. The minimum Gasteiger partial charge on any atom is -0.368 e. The Morgan fingerprint density at radius 2 is 1.79 bits per heavy atom. The molecule has 0 aliphatic heterocycles. The smallest absolute Gasteiger partial charge is 0.251 e. The predicted molar refractivity (Wildman–Crippen MR) is 92.9 cm³/mol.